The second-order valence-corrected chi connectivity index (χ2v) is 5.06. The normalized spacial score (nSPS) is 12.5. The Morgan fingerprint density at radius 1 is 1.53 bits per heavy atom. The maximum Gasteiger partial charge on any atom is 0.176 e. The summed E-state index contributed by atoms with van der Waals surface area (Å²) in [5.74, 6) is 0.554. The molecule has 0 saturated carbocycles. The van der Waals surface area contributed by atoms with E-state index >= 15 is 0 Å². The van der Waals surface area contributed by atoms with Crippen LogP contribution in [0.15, 0.2) is 18.2 Å². The molecule has 19 heavy (non-hydrogen) atoms. The molecule has 106 valence electrons. The number of aliphatic hydroxyl groups excluding tert-OH is 1. The van der Waals surface area contributed by atoms with Crippen LogP contribution in [0.4, 0.5) is 0 Å². The molecule has 0 aromatic heterocycles. The average Bonchev–Trinajstić information content (AvgIpc) is 2.36. The highest BCUT2D eigenvalue weighted by Crippen LogP contribution is 2.25. The lowest BCUT2D eigenvalue weighted by Crippen LogP contribution is -2.28. The van der Waals surface area contributed by atoms with E-state index in [9.17, 15) is 9.90 Å². The molecule has 0 aliphatic heterocycles. The van der Waals surface area contributed by atoms with Crippen molar-refractivity contribution >= 4 is 17.4 Å². The van der Waals surface area contributed by atoms with Crippen LogP contribution in [0, 0.1) is 0 Å². The van der Waals surface area contributed by atoms with Gasteiger partial charge in [-0.15, -0.1) is 0 Å². The van der Waals surface area contributed by atoms with Gasteiger partial charge in [0.15, 0.2) is 5.78 Å². The summed E-state index contributed by atoms with van der Waals surface area (Å²) >= 11 is 5.99. The standard InChI is InChI=1S/C14H20ClNO3/c1-10(17)6-7-16(2)9-13(18)11-4-5-14(19-3)12(15)8-11/h4-5,8,10,17H,6-7,9H2,1-3H3. The SMILES string of the molecule is COc1ccc(C(=O)CN(C)CCC(C)O)cc1Cl. The van der Waals surface area contributed by atoms with Gasteiger partial charge in [0.05, 0.1) is 24.8 Å². The summed E-state index contributed by atoms with van der Waals surface area (Å²) in [6.07, 6.45) is 0.292. The molecule has 0 heterocycles. The smallest absolute Gasteiger partial charge is 0.176 e. The average molecular weight is 286 g/mol. The van der Waals surface area contributed by atoms with Gasteiger partial charge in [-0.2, -0.15) is 0 Å². The first-order valence-electron chi connectivity index (χ1n) is 6.17. The molecule has 0 saturated heterocycles. The lowest BCUT2D eigenvalue weighted by molar-refractivity contribution is 0.0931. The predicted molar refractivity (Wildman–Crippen MR) is 76.1 cm³/mol. The van der Waals surface area contributed by atoms with Crippen LogP contribution in [-0.4, -0.2) is 49.1 Å². The summed E-state index contributed by atoms with van der Waals surface area (Å²) < 4.78 is 5.04. The molecule has 5 heteroatoms. The van der Waals surface area contributed by atoms with Crippen LogP contribution >= 0.6 is 11.6 Å². The van der Waals surface area contributed by atoms with Crippen molar-refractivity contribution in [1.82, 2.24) is 4.90 Å². The molecule has 0 fully saturated rings. The predicted octanol–water partition coefficient (Wildman–Crippen LogP) is 2.23. The number of hydrogen-bond acceptors (Lipinski definition) is 4. The minimum absolute atomic E-state index is 0.00218. The van der Waals surface area contributed by atoms with Gasteiger partial charge in [0.2, 0.25) is 0 Å². The van der Waals surface area contributed by atoms with Gasteiger partial charge in [0.25, 0.3) is 0 Å². The van der Waals surface area contributed by atoms with E-state index in [1.165, 1.54) is 7.11 Å². The van der Waals surface area contributed by atoms with Gasteiger partial charge in [-0.1, -0.05) is 11.6 Å². The van der Waals surface area contributed by atoms with Crippen molar-refractivity contribution in [2.45, 2.75) is 19.4 Å². The lowest BCUT2D eigenvalue weighted by Gasteiger charge is -2.16. The highest BCUT2D eigenvalue weighted by molar-refractivity contribution is 6.32. The summed E-state index contributed by atoms with van der Waals surface area (Å²) in [7, 11) is 3.39. The molecule has 0 radical (unpaired) electrons. The summed E-state index contributed by atoms with van der Waals surface area (Å²) in [4.78, 5) is 13.9. The monoisotopic (exact) mass is 285 g/mol. The Morgan fingerprint density at radius 2 is 2.21 bits per heavy atom. The van der Waals surface area contributed by atoms with Crippen molar-refractivity contribution in [2.75, 3.05) is 27.2 Å². The third kappa shape index (κ3) is 5.19. The number of carbonyl (C=O) groups excluding carboxylic acids is 1. The van der Waals surface area contributed by atoms with E-state index in [1.807, 2.05) is 11.9 Å². The van der Waals surface area contributed by atoms with E-state index in [4.69, 9.17) is 16.3 Å². The maximum absolute atomic E-state index is 12.0. The summed E-state index contributed by atoms with van der Waals surface area (Å²) in [5.41, 5.74) is 0.565. The molecule has 1 atom stereocenters. The molecule has 0 spiro atoms. The van der Waals surface area contributed by atoms with E-state index in [0.29, 0.717) is 35.8 Å². The van der Waals surface area contributed by atoms with Crippen LogP contribution in [0.25, 0.3) is 0 Å². The van der Waals surface area contributed by atoms with E-state index in [0.717, 1.165) is 0 Å². The fraction of sp³-hybridized carbons (Fsp3) is 0.500. The Balaban J connectivity index is 2.60. The Kier molecular flexibility index (Phi) is 6.28. The molecule has 1 aromatic rings. The zero-order chi connectivity index (χ0) is 14.4. The van der Waals surface area contributed by atoms with Crippen molar-refractivity contribution in [1.29, 1.82) is 0 Å². The van der Waals surface area contributed by atoms with Crippen LogP contribution in [0.2, 0.25) is 5.02 Å². The first-order valence-corrected chi connectivity index (χ1v) is 6.55. The molecule has 4 nitrogen and oxygen atoms in total. The molecule has 1 rings (SSSR count). The molecule has 0 aliphatic rings. The number of benzene rings is 1. The number of ether oxygens (including phenoxy) is 1. The maximum atomic E-state index is 12.0. The van der Waals surface area contributed by atoms with Crippen molar-refractivity contribution in [3.63, 3.8) is 0 Å². The fourth-order valence-corrected chi connectivity index (χ4v) is 1.92. The number of halogens is 1. The molecule has 1 N–H and O–H groups in total. The number of methoxy groups -OCH3 is 1. The molecule has 0 bridgehead atoms. The van der Waals surface area contributed by atoms with Crippen molar-refractivity contribution in [3.8, 4) is 5.75 Å². The summed E-state index contributed by atoms with van der Waals surface area (Å²) in [5, 5.41) is 9.63. The Labute approximate surface area is 118 Å². The van der Waals surface area contributed by atoms with Gasteiger partial charge < -0.3 is 9.84 Å². The zero-order valence-electron chi connectivity index (χ0n) is 11.5. The second-order valence-electron chi connectivity index (χ2n) is 4.65. The number of ketones is 1. The van der Waals surface area contributed by atoms with E-state index in [2.05, 4.69) is 0 Å². The van der Waals surface area contributed by atoms with Crippen LogP contribution in [0.5, 0.6) is 5.75 Å². The van der Waals surface area contributed by atoms with Gasteiger partial charge in [0, 0.05) is 12.1 Å². The molecule has 1 aromatic carbocycles. The highest BCUT2D eigenvalue weighted by atomic mass is 35.5. The number of Topliss-reactive ketones (excluding diaryl/α,β-unsaturated/α-hetero) is 1. The van der Waals surface area contributed by atoms with Crippen LogP contribution in [-0.2, 0) is 0 Å². The van der Waals surface area contributed by atoms with Crippen LogP contribution in [0.1, 0.15) is 23.7 Å². The summed E-state index contributed by atoms with van der Waals surface area (Å²) in [6.45, 7) is 2.71. The Bertz CT molecular complexity index is 435. The molecule has 0 aliphatic carbocycles. The van der Waals surface area contributed by atoms with Crippen LogP contribution in [0.3, 0.4) is 0 Å². The first-order chi connectivity index (χ1) is 8.93. The Morgan fingerprint density at radius 3 is 2.74 bits per heavy atom. The number of rotatable bonds is 7. The summed E-state index contributed by atoms with van der Waals surface area (Å²) in [6, 6.07) is 5.01. The van der Waals surface area contributed by atoms with Gasteiger partial charge in [-0.3, -0.25) is 9.69 Å². The lowest BCUT2D eigenvalue weighted by atomic mass is 10.1. The van der Waals surface area contributed by atoms with Crippen molar-refractivity contribution in [2.24, 2.45) is 0 Å². The van der Waals surface area contributed by atoms with Gasteiger partial charge in [-0.25, -0.2) is 0 Å². The second kappa shape index (κ2) is 7.48. The van der Waals surface area contributed by atoms with E-state index in [1.54, 1.807) is 25.1 Å². The number of likely N-dealkylation sites (N-methyl/N-ethyl adjacent to an activating group) is 1. The largest absolute Gasteiger partial charge is 0.495 e. The minimum atomic E-state index is -0.354. The van der Waals surface area contributed by atoms with Crippen molar-refractivity contribution in [3.05, 3.63) is 28.8 Å². The van der Waals surface area contributed by atoms with Gasteiger partial charge in [0.1, 0.15) is 5.75 Å². The number of carbonyl (C=O) groups is 1. The third-order valence-corrected chi connectivity index (χ3v) is 3.11. The number of aliphatic hydroxyl groups is 1. The Hall–Kier alpha value is -1.10. The van der Waals surface area contributed by atoms with Gasteiger partial charge in [-0.05, 0) is 38.6 Å². The molecule has 0 amide bonds. The van der Waals surface area contributed by atoms with E-state index in [-0.39, 0.29) is 11.9 Å². The fourth-order valence-electron chi connectivity index (χ4n) is 1.66. The number of nitrogens with zero attached hydrogens (tertiary/aromatic N) is 1. The highest BCUT2D eigenvalue weighted by Gasteiger charge is 2.12. The topological polar surface area (TPSA) is 49.8 Å². The van der Waals surface area contributed by atoms with Crippen molar-refractivity contribution < 1.29 is 14.6 Å². The quantitative estimate of drug-likeness (QED) is 0.781. The molecular formula is C14H20ClNO3. The molecule has 1 unspecified atom stereocenters. The molecular weight excluding hydrogens is 266 g/mol. The number of hydrogen-bond donors (Lipinski definition) is 1. The minimum Gasteiger partial charge on any atom is -0.495 e. The van der Waals surface area contributed by atoms with Gasteiger partial charge >= 0.3 is 0 Å². The van der Waals surface area contributed by atoms with E-state index < -0.39 is 0 Å². The van der Waals surface area contributed by atoms with Crippen LogP contribution < -0.4 is 4.74 Å². The zero-order valence-corrected chi connectivity index (χ0v) is 12.3. The first kappa shape index (κ1) is 16.0. The third-order valence-electron chi connectivity index (χ3n) is 2.82.